The van der Waals surface area contributed by atoms with Crippen molar-refractivity contribution in [2.75, 3.05) is 13.1 Å². The van der Waals surface area contributed by atoms with Crippen LogP contribution in [0.15, 0.2) is 24.3 Å². The maximum atomic E-state index is 12.8. The molecule has 0 spiro atoms. The molecular formula is C21H31N5O8. The van der Waals surface area contributed by atoms with Gasteiger partial charge in [-0.25, -0.2) is 4.79 Å². The number of phenolic OH excluding ortho intramolecular Hbond substituents is 1. The number of nitrogens with one attached hydrogen (secondary N) is 3. The van der Waals surface area contributed by atoms with Crippen molar-refractivity contribution < 1.29 is 39.3 Å². The Morgan fingerprint density at radius 2 is 1.56 bits per heavy atom. The number of aromatic hydroxyl groups is 1. The highest BCUT2D eigenvalue weighted by Gasteiger charge is 2.27. The van der Waals surface area contributed by atoms with Crippen molar-refractivity contribution in [3.05, 3.63) is 29.8 Å². The van der Waals surface area contributed by atoms with Crippen LogP contribution < -0.4 is 27.4 Å². The Kier molecular flexibility index (Phi) is 12.0. The summed E-state index contributed by atoms with van der Waals surface area (Å²) in [6.45, 7) is -0.202. The minimum atomic E-state index is -1.36. The highest BCUT2D eigenvalue weighted by Crippen LogP contribution is 2.12. The number of hydrogen-bond donors (Lipinski definition) is 8. The molecule has 13 nitrogen and oxygen atoms in total. The molecule has 0 bridgehead atoms. The number of carboxylic acids is 2. The number of phenols is 1. The molecule has 0 aliphatic rings. The maximum Gasteiger partial charge on any atom is 0.326 e. The second-order valence-corrected chi connectivity index (χ2v) is 7.60. The first-order chi connectivity index (χ1) is 16.0. The fourth-order valence-corrected chi connectivity index (χ4v) is 2.92. The molecule has 0 aromatic heterocycles. The molecule has 0 saturated heterocycles. The summed E-state index contributed by atoms with van der Waals surface area (Å²) in [5, 5.41) is 34.5. The number of aliphatic carboxylic acids is 2. The molecule has 0 saturated carbocycles. The number of hydrogen-bond acceptors (Lipinski definition) is 8. The molecule has 1 rings (SSSR count). The predicted molar refractivity (Wildman–Crippen MR) is 119 cm³/mol. The van der Waals surface area contributed by atoms with Crippen LogP contribution in [0.2, 0.25) is 0 Å². The molecule has 0 aliphatic heterocycles. The number of nitrogens with two attached hydrogens (primary N) is 2. The third-order valence-corrected chi connectivity index (χ3v) is 4.74. The molecule has 3 amide bonds. The van der Waals surface area contributed by atoms with E-state index in [0.717, 1.165) is 0 Å². The Hall–Kier alpha value is -3.71. The number of unbranched alkanes of at least 4 members (excludes halogenated alkanes) is 1. The van der Waals surface area contributed by atoms with Crippen molar-refractivity contribution in [2.24, 2.45) is 11.5 Å². The molecule has 0 aliphatic carbocycles. The van der Waals surface area contributed by atoms with Gasteiger partial charge < -0.3 is 42.7 Å². The third kappa shape index (κ3) is 10.7. The fourth-order valence-electron chi connectivity index (χ4n) is 2.92. The van der Waals surface area contributed by atoms with Crippen molar-refractivity contribution in [1.29, 1.82) is 0 Å². The van der Waals surface area contributed by atoms with Gasteiger partial charge in [0, 0.05) is 6.42 Å². The van der Waals surface area contributed by atoms with Crippen molar-refractivity contribution in [3.8, 4) is 5.75 Å². The summed E-state index contributed by atoms with van der Waals surface area (Å²) >= 11 is 0. The first-order valence-electron chi connectivity index (χ1n) is 10.6. The van der Waals surface area contributed by atoms with E-state index in [0.29, 0.717) is 24.9 Å². The lowest BCUT2D eigenvalue weighted by molar-refractivity contribution is -0.142. The predicted octanol–water partition coefficient (Wildman–Crippen LogP) is -1.96. The highest BCUT2D eigenvalue weighted by molar-refractivity contribution is 5.93. The van der Waals surface area contributed by atoms with Crippen LogP contribution >= 0.6 is 0 Å². The Bertz CT molecular complexity index is 861. The lowest BCUT2D eigenvalue weighted by Gasteiger charge is -2.22. The number of benzene rings is 1. The number of amides is 3. The first kappa shape index (κ1) is 28.3. The lowest BCUT2D eigenvalue weighted by atomic mass is 10.0. The Morgan fingerprint density at radius 1 is 0.912 bits per heavy atom. The summed E-state index contributed by atoms with van der Waals surface area (Å²) in [6.07, 6.45) is 0.553. The largest absolute Gasteiger partial charge is 0.508 e. The molecular weight excluding hydrogens is 450 g/mol. The molecule has 1 aromatic carbocycles. The Labute approximate surface area is 195 Å². The van der Waals surface area contributed by atoms with E-state index in [2.05, 4.69) is 16.0 Å². The van der Waals surface area contributed by atoms with Gasteiger partial charge in [0.25, 0.3) is 0 Å². The molecule has 3 atom stereocenters. The van der Waals surface area contributed by atoms with Crippen LogP contribution in [0.5, 0.6) is 5.75 Å². The van der Waals surface area contributed by atoms with Crippen LogP contribution in [0, 0.1) is 0 Å². The fraction of sp³-hybridized carbons (Fsp3) is 0.476. The van der Waals surface area contributed by atoms with Gasteiger partial charge in [-0.3, -0.25) is 19.2 Å². The second-order valence-electron chi connectivity index (χ2n) is 7.60. The third-order valence-electron chi connectivity index (χ3n) is 4.74. The monoisotopic (exact) mass is 481 g/mol. The van der Waals surface area contributed by atoms with E-state index in [-0.39, 0.29) is 18.6 Å². The van der Waals surface area contributed by atoms with E-state index >= 15 is 0 Å². The summed E-state index contributed by atoms with van der Waals surface area (Å²) in [5.41, 5.74) is 11.4. The van der Waals surface area contributed by atoms with E-state index in [9.17, 15) is 34.2 Å². The molecule has 3 unspecified atom stereocenters. The van der Waals surface area contributed by atoms with Crippen molar-refractivity contribution in [3.63, 3.8) is 0 Å². The van der Waals surface area contributed by atoms with Gasteiger partial charge in [-0.05, 0) is 43.5 Å². The zero-order chi connectivity index (χ0) is 25.7. The van der Waals surface area contributed by atoms with Gasteiger partial charge in [0.2, 0.25) is 17.7 Å². The minimum Gasteiger partial charge on any atom is -0.508 e. The SMILES string of the molecule is NCCCCC(NC(=O)C(Cc1ccc(O)cc1)NC(=O)CNC(=O)C(N)CC(=O)O)C(=O)O. The van der Waals surface area contributed by atoms with E-state index in [4.69, 9.17) is 16.6 Å². The van der Waals surface area contributed by atoms with E-state index < -0.39 is 60.8 Å². The van der Waals surface area contributed by atoms with E-state index in [1.165, 1.54) is 24.3 Å². The van der Waals surface area contributed by atoms with Crippen LogP contribution in [-0.2, 0) is 30.4 Å². The van der Waals surface area contributed by atoms with E-state index in [1.807, 2.05) is 0 Å². The van der Waals surface area contributed by atoms with Crippen LogP contribution in [-0.4, -0.2) is 76.2 Å². The number of carboxylic acid groups (broad SMARTS) is 2. The summed E-state index contributed by atoms with van der Waals surface area (Å²) in [5.74, 6) is -4.90. The van der Waals surface area contributed by atoms with Gasteiger partial charge in [0.05, 0.1) is 19.0 Å². The topological polar surface area (TPSA) is 234 Å². The summed E-state index contributed by atoms with van der Waals surface area (Å²) in [6, 6.07) is 2.11. The standard InChI is InChI=1S/C21H31N5O8/c22-8-2-1-3-15(21(33)34)26-20(32)16(9-12-4-6-13(27)7-5-12)25-17(28)11-24-19(31)14(23)10-18(29)30/h4-7,14-16,27H,1-3,8-11,22-23H2,(H,24,31)(H,25,28)(H,26,32)(H,29,30)(H,33,34). The van der Waals surface area contributed by atoms with Crippen LogP contribution in [0.4, 0.5) is 0 Å². The Morgan fingerprint density at radius 3 is 2.12 bits per heavy atom. The number of carbonyl (C=O) groups excluding carboxylic acids is 3. The summed E-state index contributed by atoms with van der Waals surface area (Å²) in [7, 11) is 0. The van der Waals surface area contributed by atoms with Gasteiger partial charge in [0.1, 0.15) is 17.8 Å². The molecule has 10 N–H and O–H groups in total. The molecule has 0 heterocycles. The van der Waals surface area contributed by atoms with Gasteiger partial charge in [-0.1, -0.05) is 12.1 Å². The zero-order valence-corrected chi connectivity index (χ0v) is 18.5. The van der Waals surface area contributed by atoms with E-state index in [1.54, 1.807) is 0 Å². The smallest absolute Gasteiger partial charge is 0.326 e. The van der Waals surface area contributed by atoms with Crippen LogP contribution in [0.1, 0.15) is 31.2 Å². The van der Waals surface area contributed by atoms with Gasteiger partial charge >= 0.3 is 11.9 Å². The number of rotatable bonds is 15. The van der Waals surface area contributed by atoms with Gasteiger partial charge in [-0.2, -0.15) is 0 Å². The zero-order valence-electron chi connectivity index (χ0n) is 18.5. The van der Waals surface area contributed by atoms with Gasteiger partial charge in [0.15, 0.2) is 0 Å². The lowest BCUT2D eigenvalue weighted by Crippen LogP contribution is -2.54. The van der Waals surface area contributed by atoms with Crippen molar-refractivity contribution in [2.45, 2.75) is 50.2 Å². The molecule has 0 radical (unpaired) electrons. The highest BCUT2D eigenvalue weighted by atomic mass is 16.4. The molecule has 34 heavy (non-hydrogen) atoms. The summed E-state index contributed by atoms with van der Waals surface area (Å²) < 4.78 is 0. The minimum absolute atomic E-state index is 0.0000408. The van der Waals surface area contributed by atoms with Crippen LogP contribution in [0.3, 0.4) is 0 Å². The molecule has 13 heteroatoms. The number of carbonyl (C=O) groups is 5. The van der Waals surface area contributed by atoms with Crippen LogP contribution in [0.25, 0.3) is 0 Å². The summed E-state index contributed by atoms with van der Waals surface area (Å²) in [4.78, 5) is 59.2. The Balaban J connectivity index is 2.86. The maximum absolute atomic E-state index is 12.8. The van der Waals surface area contributed by atoms with Crippen molar-refractivity contribution >= 4 is 29.7 Å². The average Bonchev–Trinajstić information content (AvgIpc) is 2.77. The first-order valence-corrected chi connectivity index (χ1v) is 10.6. The second kappa shape index (κ2) is 14.4. The molecule has 188 valence electrons. The molecule has 1 aromatic rings. The van der Waals surface area contributed by atoms with Gasteiger partial charge in [-0.15, -0.1) is 0 Å². The quantitative estimate of drug-likeness (QED) is 0.129. The van der Waals surface area contributed by atoms with Crippen molar-refractivity contribution in [1.82, 2.24) is 16.0 Å². The average molecular weight is 482 g/mol. The normalized spacial score (nSPS) is 13.2. The molecule has 0 fully saturated rings.